The summed E-state index contributed by atoms with van der Waals surface area (Å²) >= 11 is 0. The predicted molar refractivity (Wildman–Crippen MR) is 36.2 cm³/mol. The van der Waals surface area contributed by atoms with Crippen LogP contribution in [0.25, 0.3) is 0 Å². The molecule has 0 radical (unpaired) electrons. The summed E-state index contributed by atoms with van der Waals surface area (Å²) in [4.78, 5) is 10.1. The van der Waals surface area contributed by atoms with Crippen molar-refractivity contribution >= 4 is 6.09 Å². The third-order valence-electron chi connectivity index (χ3n) is 1.73. The van der Waals surface area contributed by atoms with Crippen LogP contribution < -0.4 is 11.5 Å². The summed E-state index contributed by atoms with van der Waals surface area (Å²) in [6, 6.07) is 0.307. The van der Waals surface area contributed by atoms with Gasteiger partial charge in [0.1, 0.15) is 0 Å². The minimum absolute atomic E-state index is 0.307. The number of carbonyl (C=O) groups excluding carboxylic acids is 1. The molecule has 1 saturated carbocycles. The van der Waals surface area contributed by atoms with Crippen molar-refractivity contribution < 1.29 is 9.53 Å². The van der Waals surface area contributed by atoms with Gasteiger partial charge in [-0.1, -0.05) is 0 Å². The van der Waals surface area contributed by atoms with Crippen LogP contribution in [0.4, 0.5) is 4.79 Å². The Morgan fingerprint density at radius 2 is 2.20 bits per heavy atom. The van der Waals surface area contributed by atoms with Gasteiger partial charge in [0.2, 0.25) is 0 Å². The van der Waals surface area contributed by atoms with Crippen LogP contribution in [0.2, 0.25) is 0 Å². The van der Waals surface area contributed by atoms with Crippen LogP contribution in [-0.4, -0.2) is 18.7 Å². The maximum Gasteiger partial charge on any atom is 0.404 e. The molecule has 1 rings (SSSR count). The molecular weight excluding hydrogens is 132 g/mol. The van der Waals surface area contributed by atoms with E-state index < -0.39 is 6.09 Å². The zero-order valence-electron chi connectivity index (χ0n) is 5.75. The molecule has 0 atom stereocenters. The summed E-state index contributed by atoms with van der Waals surface area (Å²) in [6.07, 6.45) is 1.21. The van der Waals surface area contributed by atoms with Gasteiger partial charge in [0.25, 0.3) is 0 Å². The van der Waals surface area contributed by atoms with Gasteiger partial charge in [0, 0.05) is 6.04 Å². The molecule has 58 valence electrons. The Morgan fingerprint density at radius 3 is 2.60 bits per heavy atom. The van der Waals surface area contributed by atoms with Gasteiger partial charge in [-0.2, -0.15) is 0 Å². The number of carbonyl (C=O) groups is 1. The molecule has 0 aromatic rings. The third kappa shape index (κ3) is 1.88. The molecule has 0 bridgehead atoms. The van der Waals surface area contributed by atoms with Gasteiger partial charge < -0.3 is 16.2 Å². The van der Waals surface area contributed by atoms with E-state index in [4.69, 9.17) is 11.5 Å². The van der Waals surface area contributed by atoms with Gasteiger partial charge in [-0.15, -0.1) is 0 Å². The molecule has 4 nitrogen and oxygen atoms in total. The highest BCUT2D eigenvalue weighted by Gasteiger charge is 2.26. The highest BCUT2D eigenvalue weighted by atomic mass is 16.5. The van der Waals surface area contributed by atoms with Crippen molar-refractivity contribution in [3.8, 4) is 0 Å². The fraction of sp³-hybridized carbons (Fsp3) is 0.833. The average Bonchev–Trinajstić information content (AvgIpc) is 1.77. The van der Waals surface area contributed by atoms with E-state index in [2.05, 4.69) is 4.74 Å². The van der Waals surface area contributed by atoms with Gasteiger partial charge in [-0.3, -0.25) is 0 Å². The van der Waals surface area contributed by atoms with E-state index in [-0.39, 0.29) is 0 Å². The van der Waals surface area contributed by atoms with Crippen LogP contribution in [-0.2, 0) is 4.74 Å². The Balaban J connectivity index is 2.00. The molecule has 0 aromatic heterocycles. The fourth-order valence-corrected chi connectivity index (χ4v) is 1.12. The second-order valence-corrected chi connectivity index (χ2v) is 2.73. The lowest BCUT2D eigenvalue weighted by Crippen LogP contribution is -2.39. The zero-order valence-corrected chi connectivity index (χ0v) is 5.75. The Morgan fingerprint density at radius 1 is 1.60 bits per heavy atom. The zero-order chi connectivity index (χ0) is 7.56. The van der Waals surface area contributed by atoms with Gasteiger partial charge in [-0.25, -0.2) is 4.79 Å². The van der Waals surface area contributed by atoms with E-state index in [0.29, 0.717) is 18.6 Å². The minimum Gasteiger partial charge on any atom is -0.449 e. The summed E-state index contributed by atoms with van der Waals surface area (Å²) in [6.45, 7) is 0.434. The average molecular weight is 144 g/mol. The molecule has 1 aliphatic carbocycles. The quantitative estimate of drug-likeness (QED) is 0.564. The molecule has 10 heavy (non-hydrogen) atoms. The monoisotopic (exact) mass is 144 g/mol. The van der Waals surface area contributed by atoms with E-state index in [9.17, 15) is 4.79 Å². The normalized spacial score (nSPS) is 30.9. The SMILES string of the molecule is NC(=O)OCC1CC(N)C1. The maximum atomic E-state index is 10.1. The lowest BCUT2D eigenvalue weighted by atomic mass is 9.82. The Hall–Kier alpha value is -0.770. The van der Waals surface area contributed by atoms with Crippen LogP contribution >= 0.6 is 0 Å². The number of hydrogen-bond donors (Lipinski definition) is 2. The summed E-state index contributed by atoms with van der Waals surface area (Å²) in [7, 11) is 0. The summed E-state index contributed by atoms with van der Waals surface area (Å²) in [5, 5.41) is 0. The summed E-state index contributed by atoms with van der Waals surface area (Å²) in [5.74, 6) is 0.447. The van der Waals surface area contributed by atoms with Crippen molar-refractivity contribution in [1.82, 2.24) is 0 Å². The number of ether oxygens (including phenoxy) is 1. The molecule has 0 heterocycles. The second kappa shape index (κ2) is 2.88. The van der Waals surface area contributed by atoms with E-state index in [0.717, 1.165) is 12.8 Å². The topological polar surface area (TPSA) is 78.3 Å². The third-order valence-corrected chi connectivity index (χ3v) is 1.73. The number of primary amides is 1. The molecule has 0 aliphatic heterocycles. The maximum absolute atomic E-state index is 10.1. The molecule has 0 unspecified atom stereocenters. The smallest absolute Gasteiger partial charge is 0.404 e. The molecule has 0 aromatic carbocycles. The first kappa shape index (κ1) is 7.34. The first-order valence-electron chi connectivity index (χ1n) is 3.36. The number of amides is 1. The second-order valence-electron chi connectivity index (χ2n) is 2.73. The fourth-order valence-electron chi connectivity index (χ4n) is 1.12. The number of hydrogen-bond acceptors (Lipinski definition) is 3. The van der Waals surface area contributed by atoms with Crippen LogP contribution in [0.15, 0.2) is 0 Å². The lowest BCUT2D eigenvalue weighted by Gasteiger charge is -2.31. The van der Waals surface area contributed by atoms with E-state index in [1.54, 1.807) is 0 Å². The first-order valence-corrected chi connectivity index (χ1v) is 3.36. The molecule has 1 amide bonds. The minimum atomic E-state index is -0.694. The van der Waals surface area contributed by atoms with Crippen molar-refractivity contribution in [2.24, 2.45) is 17.4 Å². The van der Waals surface area contributed by atoms with E-state index in [1.165, 1.54) is 0 Å². The van der Waals surface area contributed by atoms with Crippen LogP contribution in [0.1, 0.15) is 12.8 Å². The van der Waals surface area contributed by atoms with Gasteiger partial charge >= 0.3 is 6.09 Å². The van der Waals surface area contributed by atoms with Crippen molar-refractivity contribution in [3.63, 3.8) is 0 Å². The van der Waals surface area contributed by atoms with Crippen LogP contribution in [0, 0.1) is 5.92 Å². The van der Waals surface area contributed by atoms with Crippen LogP contribution in [0.3, 0.4) is 0 Å². The van der Waals surface area contributed by atoms with E-state index >= 15 is 0 Å². The molecule has 1 aliphatic rings. The number of rotatable bonds is 2. The van der Waals surface area contributed by atoms with Crippen LogP contribution in [0.5, 0.6) is 0 Å². The van der Waals surface area contributed by atoms with Crippen molar-refractivity contribution in [3.05, 3.63) is 0 Å². The first-order chi connectivity index (χ1) is 4.68. The molecule has 4 N–H and O–H groups in total. The van der Waals surface area contributed by atoms with Gasteiger partial charge in [0.05, 0.1) is 6.61 Å². The van der Waals surface area contributed by atoms with Crippen molar-refractivity contribution in [2.75, 3.05) is 6.61 Å². The highest BCUT2D eigenvalue weighted by Crippen LogP contribution is 2.25. The van der Waals surface area contributed by atoms with E-state index in [1.807, 2.05) is 0 Å². The predicted octanol–water partition coefficient (Wildman–Crippen LogP) is -0.181. The number of nitrogens with two attached hydrogens (primary N) is 2. The Bertz CT molecular complexity index is 132. The molecule has 0 saturated heterocycles. The summed E-state index contributed by atoms with van der Waals surface area (Å²) < 4.78 is 4.58. The largest absolute Gasteiger partial charge is 0.449 e. The lowest BCUT2D eigenvalue weighted by molar-refractivity contribution is 0.102. The van der Waals surface area contributed by atoms with Crippen molar-refractivity contribution in [2.45, 2.75) is 18.9 Å². The molecule has 4 heteroatoms. The Kier molecular flexibility index (Phi) is 2.11. The van der Waals surface area contributed by atoms with Gasteiger partial charge in [-0.05, 0) is 18.8 Å². The van der Waals surface area contributed by atoms with Gasteiger partial charge in [0.15, 0.2) is 0 Å². The molecular formula is C6H12N2O2. The Labute approximate surface area is 59.5 Å². The molecule has 0 spiro atoms. The van der Waals surface area contributed by atoms with Crippen molar-refractivity contribution in [1.29, 1.82) is 0 Å². The molecule has 1 fully saturated rings. The standard InChI is InChI=1S/C6H12N2O2/c7-5-1-4(2-5)3-10-6(8)9/h4-5H,1-3,7H2,(H2,8,9). The summed E-state index contributed by atoms with van der Waals surface area (Å²) in [5.41, 5.74) is 10.3. The highest BCUT2D eigenvalue weighted by molar-refractivity contribution is 5.64.